The highest BCUT2D eigenvalue weighted by Crippen LogP contribution is 2.30. The van der Waals surface area contributed by atoms with Crippen molar-refractivity contribution in [2.24, 2.45) is 0 Å². The van der Waals surface area contributed by atoms with Gasteiger partial charge < -0.3 is 9.84 Å². The summed E-state index contributed by atoms with van der Waals surface area (Å²) in [5.41, 5.74) is 4.29. The van der Waals surface area contributed by atoms with E-state index < -0.39 is 6.10 Å². The first-order valence-corrected chi connectivity index (χ1v) is 6.96. The van der Waals surface area contributed by atoms with E-state index in [0.29, 0.717) is 17.2 Å². The maximum Gasteiger partial charge on any atom is 0.126 e. The Bertz CT molecular complexity index is 588. The zero-order chi connectivity index (χ0) is 14.7. The van der Waals surface area contributed by atoms with Crippen molar-refractivity contribution in [2.75, 3.05) is 7.11 Å². The molecular formula is C17H19ClO2. The van der Waals surface area contributed by atoms with Gasteiger partial charge in [-0.3, -0.25) is 0 Å². The van der Waals surface area contributed by atoms with Crippen molar-refractivity contribution in [1.29, 1.82) is 0 Å². The second-order valence-corrected chi connectivity index (χ2v) is 5.54. The minimum atomic E-state index is -0.608. The van der Waals surface area contributed by atoms with Crippen LogP contribution in [0.4, 0.5) is 0 Å². The molecule has 2 aromatic carbocycles. The molecule has 0 fully saturated rings. The van der Waals surface area contributed by atoms with Gasteiger partial charge in [0.25, 0.3) is 0 Å². The largest absolute Gasteiger partial charge is 0.496 e. The lowest BCUT2D eigenvalue weighted by atomic mass is 9.98. The van der Waals surface area contributed by atoms with Gasteiger partial charge in [-0.05, 0) is 31.5 Å². The predicted molar refractivity (Wildman–Crippen MR) is 82.6 cm³/mol. The lowest BCUT2D eigenvalue weighted by Gasteiger charge is -2.16. The highest BCUT2D eigenvalue weighted by Gasteiger charge is 2.14. The molecule has 1 N–H and O–H groups in total. The number of aryl methyl sites for hydroxylation is 2. The van der Waals surface area contributed by atoms with Gasteiger partial charge in [0.2, 0.25) is 0 Å². The normalized spacial score (nSPS) is 12.2. The van der Waals surface area contributed by atoms with Gasteiger partial charge in [-0.25, -0.2) is 0 Å². The zero-order valence-corrected chi connectivity index (χ0v) is 12.7. The molecule has 0 saturated carbocycles. The van der Waals surface area contributed by atoms with Crippen LogP contribution >= 0.6 is 11.6 Å². The highest BCUT2D eigenvalue weighted by atomic mass is 35.5. The maximum absolute atomic E-state index is 10.4. The molecule has 0 aliphatic rings. The third kappa shape index (κ3) is 3.53. The molecule has 0 bridgehead atoms. The topological polar surface area (TPSA) is 29.5 Å². The van der Waals surface area contributed by atoms with Crippen molar-refractivity contribution < 1.29 is 9.84 Å². The van der Waals surface area contributed by atoms with E-state index in [1.807, 2.05) is 6.07 Å². The number of hydrogen-bond acceptors (Lipinski definition) is 2. The minimum Gasteiger partial charge on any atom is -0.496 e. The lowest BCUT2D eigenvalue weighted by molar-refractivity contribution is 0.174. The smallest absolute Gasteiger partial charge is 0.126 e. The van der Waals surface area contributed by atoms with Crippen LogP contribution in [0, 0.1) is 13.8 Å². The van der Waals surface area contributed by atoms with E-state index in [1.165, 1.54) is 11.1 Å². The van der Waals surface area contributed by atoms with Crippen molar-refractivity contribution in [3.63, 3.8) is 0 Å². The Morgan fingerprint density at radius 1 is 1.10 bits per heavy atom. The predicted octanol–water partition coefficient (Wildman–Crippen LogP) is 4.24. The molecule has 2 nitrogen and oxygen atoms in total. The van der Waals surface area contributed by atoms with E-state index in [1.54, 1.807) is 19.2 Å². The molecule has 0 saturated heterocycles. The van der Waals surface area contributed by atoms with Crippen LogP contribution < -0.4 is 4.74 Å². The Hall–Kier alpha value is -1.51. The van der Waals surface area contributed by atoms with E-state index in [-0.39, 0.29) is 0 Å². The third-order valence-electron chi connectivity index (χ3n) is 3.27. The molecule has 0 amide bonds. The second-order valence-electron chi connectivity index (χ2n) is 5.10. The van der Waals surface area contributed by atoms with Gasteiger partial charge in [0, 0.05) is 17.0 Å². The van der Waals surface area contributed by atoms with Gasteiger partial charge in [-0.1, -0.05) is 47.0 Å². The van der Waals surface area contributed by atoms with E-state index in [2.05, 4.69) is 32.0 Å². The number of halogens is 1. The van der Waals surface area contributed by atoms with Crippen molar-refractivity contribution in [3.8, 4) is 5.75 Å². The van der Waals surface area contributed by atoms with Crippen LogP contribution in [0.1, 0.15) is 28.4 Å². The van der Waals surface area contributed by atoms with Crippen molar-refractivity contribution in [3.05, 3.63) is 63.7 Å². The first-order chi connectivity index (χ1) is 9.49. The second kappa shape index (κ2) is 6.29. The van der Waals surface area contributed by atoms with Gasteiger partial charge in [-0.2, -0.15) is 0 Å². The molecule has 20 heavy (non-hydrogen) atoms. The highest BCUT2D eigenvalue weighted by molar-refractivity contribution is 6.30. The Morgan fingerprint density at radius 2 is 1.75 bits per heavy atom. The average molecular weight is 291 g/mol. The molecule has 0 heterocycles. The van der Waals surface area contributed by atoms with E-state index in [0.717, 1.165) is 11.1 Å². The van der Waals surface area contributed by atoms with Crippen molar-refractivity contribution in [2.45, 2.75) is 26.4 Å². The Morgan fingerprint density at radius 3 is 2.35 bits per heavy atom. The summed E-state index contributed by atoms with van der Waals surface area (Å²) < 4.78 is 5.29. The van der Waals surface area contributed by atoms with E-state index in [9.17, 15) is 5.11 Å². The quantitative estimate of drug-likeness (QED) is 0.912. The number of methoxy groups -OCH3 is 1. The van der Waals surface area contributed by atoms with E-state index in [4.69, 9.17) is 16.3 Å². The Kier molecular flexibility index (Phi) is 4.69. The van der Waals surface area contributed by atoms with Crippen LogP contribution in [0.2, 0.25) is 5.02 Å². The summed E-state index contributed by atoms with van der Waals surface area (Å²) in [7, 11) is 1.58. The molecular weight excluding hydrogens is 272 g/mol. The average Bonchev–Trinajstić information content (AvgIpc) is 2.37. The number of rotatable bonds is 4. The summed E-state index contributed by atoms with van der Waals surface area (Å²) >= 11 is 5.94. The van der Waals surface area contributed by atoms with Gasteiger partial charge in [-0.15, -0.1) is 0 Å². The summed E-state index contributed by atoms with van der Waals surface area (Å²) in [4.78, 5) is 0. The summed E-state index contributed by atoms with van der Waals surface area (Å²) in [6.07, 6.45) is -0.0519. The molecule has 0 spiro atoms. The molecule has 3 heteroatoms. The van der Waals surface area contributed by atoms with Crippen LogP contribution in [0.15, 0.2) is 36.4 Å². The lowest BCUT2D eigenvalue weighted by Crippen LogP contribution is -2.04. The summed E-state index contributed by atoms with van der Waals surface area (Å²) in [6.45, 7) is 4.12. The van der Waals surface area contributed by atoms with Crippen LogP contribution in [0.3, 0.4) is 0 Å². The fourth-order valence-corrected chi connectivity index (χ4v) is 2.64. The molecule has 1 unspecified atom stereocenters. The standard InChI is InChI=1S/C17H19ClO2/c1-11-6-12(2)8-13(7-11)9-16(19)15-5-4-14(18)10-17(15)20-3/h4-8,10,16,19H,9H2,1-3H3. The molecule has 0 aliphatic carbocycles. The van der Waals surface area contributed by atoms with Crippen molar-refractivity contribution in [1.82, 2.24) is 0 Å². The molecule has 2 aromatic rings. The number of benzene rings is 2. The number of hydrogen-bond donors (Lipinski definition) is 1. The Labute approximate surface area is 125 Å². The molecule has 2 rings (SSSR count). The number of ether oxygens (including phenoxy) is 1. The fourth-order valence-electron chi connectivity index (χ4n) is 2.48. The molecule has 0 aromatic heterocycles. The molecule has 0 radical (unpaired) electrons. The first kappa shape index (κ1) is 14.9. The van der Waals surface area contributed by atoms with Gasteiger partial charge in [0.15, 0.2) is 0 Å². The van der Waals surface area contributed by atoms with Crippen LogP contribution in [0.25, 0.3) is 0 Å². The zero-order valence-electron chi connectivity index (χ0n) is 12.0. The summed E-state index contributed by atoms with van der Waals surface area (Å²) in [6, 6.07) is 11.6. The molecule has 106 valence electrons. The summed E-state index contributed by atoms with van der Waals surface area (Å²) in [5.74, 6) is 0.620. The maximum atomic E-state index is 10.4. The minimum absolute atomic E-state index is 0.556. The number of aliphatic hydroxyl groups excluding tert-OH is 1. The van der Waals surface area contributed by atoms with Crippen LogP contribution in [0.5, 0.6) is 5.75 Å². The SMILES string of the molecule is COc1cc(Cl)ccc1C(O)Cc1cc(C)cc(C)c1. The van der Waals surface area contributed by atoms with Crippen molar-refractivity contribution >= 4 is 11.6 Å². The molecule has 0 aliphatic heterocycles. The van der Waals surface area contributed by atoms with Crippen LogP contribution in [-0.4, -0.2) is 12.2 Å². The third-order valence-corrected chi connectivity index (χ3v) is 3.50. The first-order valence-electron chi connectivity index (χ1n) is 6.58. The van der Waals surface area contributed by atoms with Crippen LogP contribution in [-0.2, 0) is 6.42 Å². The monoisotopic (exact) mass is 290 g/mol. The summed E-state index contributed by atoms with van der Waals surface area (Å²) in [5, 5.41) is 11.0. The fraction of sp³-hybridized carbons (Fsp3) is 0.294. The number of aliphatic hydroxyl groups is 1. The van der Waals surface area contributed by atoms with E-state index >= 15 is 0 Å². The van der Waals surface area contributed by atoms with Gasteiger partial charge in [0.05, 0.1) is 13.2 Å². The van der Waals surface area contributed by atoms with Gasteiger partial charge >= 0.3 is 0 Å². The van der Waals surface area contributed by atoms with Gasteiger partial charge in [0.1, 0.15) is 5.75 Å². The molecule has 1 atom stereocenters. The Balaban J connectivity index is 2.25.